The number of methoxy groups -OCH3 is 1. The predicted octanol–water partition coefficient (Wildman–Crippen LogP) is 2.77. The van der Waals surface area contributed by atoms with Gasteiger partial charge in [0.1, 0.15) is 5.82 Å². The summed E-state index contributed by atoms with van der Waals surface area (Å²) in [5, 5.41) is 4.07. The van der Waals surface area contributed by atoms with Crippen LogP contribution >= 0.6 is 11.5 Å². The van der Waals surface area contributed by atoms with Crippen molar-refractivity contribution in [3.63, 3.8) is 0 Å². The second-order valence-corrected chi connectivity index (χ2v) is 6.12. The summed E-state index contributed by atoms with van der Waals surface area (Å²) in [4.78, 5) is 18.2. The van der Waals surface area contributed by atoms with Crippen LogP contribution in [-0.2, 0) is 22.4 Å². The molecule has 0 atom stereocenters. The first-order valence-corrected chi connectivity index (χ1v) is 8.50. The predicted molar refractivity (Wildman–Crippen MR) is 91.6 cm³/mol. The lowest BCUT2D eigenvalue weighted by Crippen LogP contribution is -2.34. The molecular formula is C16H20N4O2S. The van der Waals surface area contributed by atoms with Gasteiger partial charge in [-0.2, -0.15) is 4.37 Å². The van der Waals surface area contributed by atoms with Gasteiger partial charge in [0.15, 0.2) is 0 Å². The van der Waals surface area contributed by atoms with Crippen molar-refractivity contribution in [2.24, 2.45) is 0 Å². The van der Waals surface area contributed by atoms with E-state index in [0.717, 1.165) is 28.8 Å². The van der Waals surface area contributed by atoms with E-state index in [2.05, 4.69) is 20.7 Å². The molecule has 122 valence electrons. The maximum atomic E-state index is 11.9. The van der Waals surface area contributed by atoms with Gasteiger partial charge < -0.3 is 15.0 Å². The van der Waals surface area contributed by atoms with Crippen molar-refractivity contribution < 1.29 is 9.53 Å². The Hall–Kier alpha value is -1.99. The van der Waals surface area contributed by atoms with Crippen molar-refractivity contribution in [3.05, 3.63) is 29.6 Å². The molecule has 3 rings (SSSR count). The van der Waals surface area contributed by atoms with Crippen molar-refractivity contribution in [2.75, 3.05) is 30.5 Å². The van der Waals surface area contributed by atoms with Gasteiger partial charge in [-0.25, -0.2) is 4.98 Å². The fourth-order valence-corrected chi connectivity index (χ4v) is 3.34. The number of ether oxygens (including phenoxy) is 1. The van der Waals surface area contributed by atoms with Gasteiger partial charge in [0, 0.05) is 49.4 Å². The van der Waals surface area contributed by atoms with Gasteiger partial charge in [-0.1, -0.05) is 0 Å². The van der Waals surface area contributed by atoms with Gasteiger partial charge >= 0.3 is 0 Å². The average Bonchev–Trinajstić information content (AvgIpc) is 3.00. The Bertz CT molecular complexity index is 701. The zero-order valence-electron chi connectivity index (χ0n) is 13.3. The third kappa shape index (κ3) is 3.51. The average molecular weight is 332 g/mol. The number of carbonyl (C=O) groups is 1. The molecule has 1 aromatic carbocycles. The highest BCUT2D eigenvalue weighted by atomic mass is 32.1. The Morgan fingerprint density at radius 3 is 3.04 bits per heavy atom. The number of hydrogen-bond donors (Lipinski definition) is 1. The summed E-state index contributed by atoms with van der Waals surface area (Å²) in [5.41, 5.74) is 3.19. The van der Waals surface area contributed by atoms with E-state index in [0.29, 0.717) is 26.0 Å². The van der Waals surface area contributed by atoms with E-state index in [1.165, 1.54) is 17.1 Å². The van der Waals surface area contributed by atoms with E-state index in [1.54, 1.807) is 7.11 Å². The standard InChI is InChI=1S/C16H20N4O2S/c1-3-20-13-6-5-12(10-11(13)4-7-15(20)21)17-16-18-14(19-23-16)8-9-22-2/h5-6,10H,3-4,7-9H2,1-2H3,(H,17,18,19). The third-order valence-corrected chi connectivity index (χ3v) is 4.51. The van der Waals surface area contributed by atoms with Crippen LogP contribution in [0.15, 0.2) is 18.2 Å². The monoisotopic (exact) mass is 332 g/mol. The second kappa shape index (κ2) is 7.06. The van der Waals surface area contributed by atoms with E-state index < -0.39 is 0 Å². The molecule has 23 heavy (non-hydrogen) atoms. The first-order chi connectivity index (χ1) is 11.2. The molecule has 0 bridgehead atoms. The first kappa shape index (κ1) is 15.9. The Morgan fingerprint density at radius 2 is 2.26 bits per heavy atom. The van der Waals surface area contributed by atoms with Gasteiger partial charge in [0.05, 0.1) is 6.61 Å². The number of rotatable bonds is 6. The highest BCUT2D eigenvalue weighted by molar-refractivity contribution is 7.09. The molecule has 7 heteroatoms. The van der Waals surface area contributed by atoms with E-state index >= 15 is 0 Å². The summed E-state index contributed by atoms with van der Waals surface area (Å²) in [6.45, 7) is 3.33. The number of nitrogens with one attached hydrogen (secondary N) is 1. The van der Waals surface area contributed by atoms with Crippen LogP contribution in [-0.4, -0.2) is 35.5 Å². The minimum absolute atomic E-state index is 0.201. The quantitative estimate of drug-likeness (QED) is 0.881. The van der Waals surface area contributed by atoms with Crippen molar-refractivity contribution >= 4 is 33.9 Å². The van der Waals surface area contributed by atoms with Crippen LogP contribution in [0, 0.1) is 0 Å². The summed E-state index contributed by atoms with van der Waals surface area (Å²) in [6.07, 6.45) is 2.08. The van der Waals surface area contributed by atoms with Gasteiger partial charge in [-0.15, -0.1) is 0 Å². The number of amides is 1. The molecule has 0 unspecified atom stereocenters. The van der Waals surface area contributed by atoms with Crippen molar-refractivity contribution in [1.82, 2.24) is 9.36 Å². The van der Waals surface area contributed by atoms with Crippen molar-refractivity contribution in [2.45, 2.75) is 26.2 Å². The topological polar surface area (TPSA) is 67.4 Å². The molecule has 6 nitrogen and oxygen atoms in total. The molecule has 1 aromatic heterocycles. The first-order valence-electron chi connectivity index (χ1n) is 7.73. The SMILES string of the molecule is CCN1C(=O)CCc2cc(Nc3nc(CCOC)ns3)ccc21. The molecule has 0 spiro atoms. The zero-order valence-corrected chi connectivity index (χ0v) is 14.2. The number of benzene rings is 1. The minimum atomic E-state index is 0.201. The summed E-state index contributed by atoms with van der Waals surface area (Å²) in [6, 6.07) is 6.09. The number of nitrogens with zero attached hydrogens (tertiary/aromatic N) is 3. The van der Waals surface area contributed by atoms with Crippen molar-refractivity contribution in [3.8, 4) is 0 Å². The molecule has 0 aliphatic carbocycles. The molecule has 1 aliphatic heterocycles. The molecular weight excluding hydrogens is 312 g/mol. The molecule has 2 aromatic rings. The largest absolute Gasteiger partial charge is 0.384 e. The van der Waals surface area contributed by atoms with Gasteiger partial charge in [0.2, 0.25) is 11.0 Å². The van der Waals surface area contributed by atoms with E-state index in [9.17, 15) is 4.79 Å². The lowest BCUT2D eigenvalue weighted by Gasteiger charge is -2.28. The highest BCUT2D eigenvalue weighted by Crippen LogP contribution is 2.31. The van der Waals surface area contributed by atoms with Crippen LogP contribution in [0.5, 0.6) is 0 Å². The number of aryl methyl sites for hydroxylation is 1. The van der Waals surface area contributed by atoms with Gasteiger partial charge in [0.25, 0.3) is 0 Å². The van der Waals surface area contributed by atoms with Crippen LogP contribution < -0.4 is 10.2 Å². The summed E-state index contributed by atoms with van der Waals surface area (Å²) < 4.78 is 9.34. The normalized spacial score (nSPS) is 14.0. The molecule has 1 N–H and O–H groups in total. The van der Waals surface area contributed by atoms with Crippen LogP contribution in [0.25, 0.3) is 0 Å². The smallest absolute Gasteiger partial charge is 0.227 e. The minimum Gasteiger partial charge on any atom is -0.384 e. The van der Waals surface area contributed by atoms with E-state index in [1.807, 2.05) is 24.0 Å². The van der Waals surface area contributed by atoms with Crippen LogP contribution in [0.1, 0.15) is 24.7 Å². The van der Waals surface area contributed by atoms with E-state index in [4.69, 9.17) is 4.74 Å². The van der Waals surface area contributed by atoms with Crippen LogP contribution in [0.4, 0.5) is 16.5 Å². The van der Waals surface area contributed by atoms with E-state index in [-0.39, 0.29) is 5.91 Å². The molecule has 0 saturated heterocycles. The van der Waals surface area contributed by atoms with Gasteiger partial charge in [-0.05, 0) is 37.1 Å². The zero-order chi connectivity index (χ0) is 16.2. The summed E-state index contributed by atoms with van der Waals surface area (Å²) in [5.74, 6) is 0.993. The Morgan fingerprint density at radius 1 is 1.39 bits per heavy atom. The number of anilines is 3. The maximum Gasteiger partial charge on any atom is 0.227 e. The lowest BCUT2D eigenvalue weighted by atomic mass is 10.0. The second-order valence-electron chi connectivity index (χ2n) is 5.37. The molecule has 0 fully saturated rings. The third-order valence-electron chi connectivity index (χ3n) is 3.84. The fourth-order valence-electron chi connectivity index (χ4n) is 2.71. The number of hydrogen-bond acceptors (Lipinski definition) is 6. The maximum absolute atomic E-state index is 11.9. The van der Waals surface area contributed by atoms with Crippen molar-refractivity contribution in [1.29, 1.82) is 0 Å². The Kier molecular flexibility index (Phi) is 4.88. The molecule has 1 aliphatic rings. The Balaban J connectivity index is 1.74. The van der Waals surface area contributed by atoms with Gasteiger partial charge in [-0.3, -0.25) is 4.79 Å². The highest BCUT2D eigenvalue weighted by Gasteiger charge is 2.22. The molecule has 1 amide bonds. The molecule has 0 radical (unpaired) electrons. The fraction of sp³-hybridized carbons (Fsp3) is 0.438. The molecule has 2 heterocycles. The van der Waals surface area contributed by atoms with Crippen LogP contribution in [0.2, 0.25) is 0 Å². The number of fused-ring (bicyclic) bond motifs is 1. The Labute approximate surface area is 139 Å². The summed E-state index contributed by atoms with van der Waals surface area (Å²) in [7, 11) is 1.67. The molecule has 0 saturated carbocycles. The number of carbonyl (C=O) groups excluding carboxylic acids is 1. The lowest BCUT2D eigenvalue weighted by molar-refractivity contribution is -0.118. The van der Waals surface area contributed by atoms with Crippen LogP contribution in [0.3, 0.4) is 0 Å². The number of aromatic nitrogens is 2. The summed E-state index contributed by atoms with van der Waals surface area (Å²) >= 11 is 1.35.